The van der Waals surface area contributed by atoms with Gasteiger partial charge in [-0.05, 0) is 54.4 Å². The van der Waals surface area contributed by atoms with Gasteiger partial charge in [0.1, 0.15) is 17.8 Å². The first kappa shape index (κ1) is 22.5. The van der Waals surface area contributed by atoms with Crippen molar-refractivity contribution < 1.29 is 23.8 Å². The van der Waals surface area contributed by atoms with Crippen molar-refractivity contribution in [2.45, 2.75) is 13.8 Å². The molecule has 0 bridgehead atoms. The van der Waals surface area contributed by atoms with E-state index in [0.29, 0.717) is 35.0 Å². The Morgan fingerprint density at radius 3 is 2.22 bits per heavy atom. The quantitative estimate of drug-likeness (QED) is 0.500. The minimum atomic E-state index is -0.441. The molecule has 0 unspecified atom stereocenters. The number of nitrogens with zero attached hydrogens (tertiary/aromatic N) is 2. The lowest BCUT2D eigenvalue weighted by Crippen LogP contribution is -2.10. The molecule has 9 heteroatoms. The van der Waals surface area contributed by atoms with Crippen molar-refractivity contribution >= 4 is 29.1 Å². The van der Waals surface area contributed by atoms with E-state index < -0.39 is 5.97 Å². The molecule has 0 amide bonds. The number of carbonyl (C=O) groups is 2. The number of hydrogen-bond acceptors (Lipinski definition) is 9. The zero-order chi connectivity index (χ0) is 23.1. The number of ether oxygens (including phenoxy) is 3. The zero-order valence-corrected chi connectivity index (χ0v) is 18.0. The molecule has 0 spiro atoms. The highest BCUT2D eigenvalue weighted by Crippen LogP contribution is 2.31. The van der Waals surface area contributed by atoms with Crippen LogP contribution in [0.5, 0.6) is 11.6 Å². The van der Waals surface area contributed by atoms with Gasteiger partial charge >= 0.3 is 11.9 Å². The Labute approximate surface area is 185 Å². The van der Waals surface area contributed by atoms with Gasteiger partial charge in [-0.3, -0.25) is 0 Å². The van der Waals surface area contributed by atoms with Gasteiger partial charge in [0.25, 0.3) is 0 Å². The Kier molecular flexibility index (Phi) is 7.22. The van der Waals surface area contributed by atoms with Gasteiger partial charge in [0.2, 0.25) is 5.88 Å². The molecule has 1 heterocycles. The highest BCUT2D eigenvalue weighted by atomic mass is 16.5. The molecule has 9 nitrogen and oxygen atoms in total. The number of anilines is 3. The van der Waals surface area contributed by atoms with E-state index in [1.54, 1.807) is 48.5 Å². The first-order valence-corrected chi connectivity index (χ1v) is 9.88. The number of nitrogens with one attached hydrogen (secondary N) is 1. The Morgan fingerprint density at radius 2 is 1.59 bits per heavy atom. The van der Waals surface area contributed by atoms with E-state index in [1.165, 1.54) is 13.4 Å². The predicted octanol–water partition coefficient (Wildman–Crippen LogP) is 4.19. The van der Waals surface area contributed by atoms with Crippen LogP contribution in [0.25, 0.3) is 0 Å². The van der Waals surface area contributed by atoms with Crippen LogP contribution < -0.4 is 15.8 Å². The van der Waals surface area contributed by atoms with Gasteiger partial charge in [0, 0.05) is 5.69 Å². The standard InChI is InChI=1S/C23H24N4O5/c1-14(2)12-31-23(29)16-4-8-17(9-5-16)27-20-19(24)21(26-13-25-20)32-18-10-6-15(7-11-18)22(28)30-3/h4-11,13-14H,12,24H2,1-3H3,(H,25,26,27). The van der Waals surface area contributed by atoms with E-state index in [-0.39, 0.29) is 23.5 Å². The minimum Gasteiger partial charge on any atom is -0.465 e. The summed E-state index contributed by atoms with van der Waals surface area (Å²) in [5.41, 5.74) is 7.88. The van der Waals surface area contributed by atoms with Crippen molar-refractivity contribution in [3.05, 3.63) is 66.0 Å². The van der Waals surface area contributed by atoms with Gasteiger partial charge in [0.15, 0.2) is 5.82 Å². The third kappa shape index (κ3) is 5.72. The number of rotatable bonds is 8. The lowest BCUT2D eigenvalue weighted by molar-refractivity contribution is 0.0458. The third-order valence-electron chi connectivity index (χ3n) is 4.27. The summed E-state index contributed by atoms with van der Waals surface area (Å²) in [7, 11) is 1.31. The topological polar surface area (TPSA) is 126 Å². The Morgan fingerprint density at radius 1 is 0.969 bits per heavy atom. The number of hydrogen-bond donors (Lipinski definition) is 2. The summed E-state index contributed by atoms with van der Waals surface area (Å²) in [6.45, 7) is 4.31. The third-order valence-corrected chi connectivity index (χ3v) is 4.27. The second kappa shape index (κ2) is 10.3. The predicted molar refractivity (Wildman–Crippen MR) is 119 cm³/mol. The molecule has 0 saturated heterocycles. The molecule has 0 radical (unpaired) electrons. The van der Waals surface area contributed by atoms with Gasteiger partial charge in [-0.25, -0.2) is 14.6 Å². The summed E-state index contributed by atoms with van der Waals surface area (Å²) in [6.07, 6.45) is 1.31. The molecule has 3 N–H and O–H groups in total. The van der Waals surface area contributed by atoms with Crippen LogP contribution in [0.15, 0.2) is 54.9 Å². The Balaban J connectivity index is 1.69. The highest BCUT2D eigenvalue weighted by molar-refractivity contribution is 5.90. The summed E-state index contributed by atoms with van der Waals surface area (Å²) in [4.78, 5) is 31.8. The first-order valence-electron chi connectivity index (χ1n) is 9.88. The van der Waals surface area contributed by atoms with Crippen molar-refractivity contribution in [1.82, 2.24) is 9.97 Å². The number of nitrogen functional groups attached to an aromatic ring is 1. The Bertz CT molecular complexity index is 1080. The zero-order valence-electron chi connectivity index (χ0n) is 18.0. The average molecular weight is 436 g/mol. The summed E-state index contributed by atoms with van der Waals surface area (Å²) in [5, 5.41) is 3.08. The van der Waals surface area contributed by atoms with E-state index in [0.717, 1.165) is 0 Å². The maximum absolute atomic E-state index is 12.0. The second-order valence-electron chi connectivity index (χ2n) is 7.25. The summed E-state index contributed by atoms with van der Waals surface area (Å²) in [6, 6.07) is 13.1. The van der Waals surface area contributed by atoms with Crippen molar-refractivity contribution in [3.63, 3.8) is 0 Å². The average Bonchev–Trinajstić information content (AvgIpc) is 2.80. The molecule has 0 aliphatic carbocycles. The van der Waals surface area contributed by atoms with Crippen LogP contribution in [0.1, 0.15) is 34.6 Å². The number of benzene rings is 2. The van der Waals surface area contributed by atoms with Gasteiger partial charge < -0.3 is 25.3 Å². The molecule has 0 aliphatic rings. The van der Waals surface area contributed by atoms with E-state index >= 15 is 0 Å². The fourth-order valence-corrected chi connectivity index (χ4v) is 2.60. The van der Waals surface area contributed by atoms with Crippen LogP contribution in [0.3, 0.4) is 0 Å². The van der Waals surface area contributed by atoms with E-state index in [1.807, 2.05) is 13.8 Å². The molecule has 0 saturated carbocycles. The van der Waals surface area contributed by atoms with Gasteiger partial charge in [-0.1, -0.05) is 13.8 Å². The molecule has 0 atom stereocenters. The van der Waals surface area contributed by atoms with Crippen LogP contribution in [0.4, 0.5) is 17.2 Å². The number of esters is 2. The van der Waals surface area contributed by atoms with Crippen molar-refractivity contribution in [2.75, 3.05) is 24.8 Å². The molecule has 0 fully saturated rings. The summed E-state index contributed by atoms with van der Waals surface area (Å²) >= 11 is 0. The monoisotopic (exact) mass is 436 g/mol. The molecular formula is C23H24N4O5. The normalized spacial score (nSPS) is 10.5. The number of nitrogens with two attached hydrogens (primary N) is 1. The van der Waals surface area contributed by atoms with E-state index in [2.05, 4.69) is 20.0 Å². The molecule has 2 aromatic carbocycles. The lowest BCUT2D eigenvalue weighted by atomic mass is 10.2. The number of aromatic nitrogens is 2. The summed E-state index contributed by atoms with van der Waals surface area (Å²) in [5.74, 6) is 0.393. The van der Waals surface area contributed by atoms with Crippen molar-refractivity contribution in [3.8, 4) is 11.6 Å². The van der Waals surface area contributed by atoms with Crippen LogP contribution >= 0.6 is 0 Å². The molecule has 32 heavy (non-hydrogen) atoms. The van der Waals surface area contributed by atoms with E-state index in [9.17, 15) is 9.59 Å². The summed E-state index contributed by atoms with van der Waals surface area (Å²) < 4.78 is 15.6. The highest BCUT2D eigenvalue weighted by Gasteiger charge is 2.13. The molecule has 0 aliphatic heterocycles. The number of carbonyl (C=O) groups excluding carboxylic acids is 2. The maximum atomic E-state index is 12.0. The largest absolute Gasteiger partial charge is 0.465 e. The van der Waals surface area contributed by atoms with Crippen LogP contribution in [-0.4, -0.2) is 35.6 Å². The smallest absolute Gasteiger partial charge is 0.338 e. The van der Waals surface area contributed by atoms with E-state index in [4.69, 9.17) is 15.2 Å². The van der Waals surface area contributed by atoms with Crippen molar-refractivity contribution in [2.24, 2.45) is 5.92 Å². The second-order valence-corrected chi connectivity index (χ2v) is 7.25. The maximum Gasteiger partial charge on any atom is 0.338 e. The molecule has 3 rings (SSSR count). The minimum absolute atomic E-state index is 0.155. The first-order chi connectivity index (χ1) is 15.4. The fraction of sp³-hybridized carbons (Fsp3) is 0.217. The molecular weight excluding hydrogens is 412 g/mol. The SMILES string of the molecule is COC(=O)c1ccc(Oc2ncnc(Nc3ccc(C(=O)OCC(C)C)cc3)c2N)cc1. The van der Waals surface area contributed by atoms with Crippen LogP contribution in [0.2, 0.25) is 0 Å². The molecule has 166 valence electrons. The van der Waals surface area contributed by atoms with Crippen LogP contribution in [-0.2, 0) is 9.47 Å². The van der Waals surface area contributed by atoms with Crippen LogP contribution in [0, 0.1) is 5.92 Å². The van der Waals surface area contributed by atoms with Gasteiger partial charge in [-0.2, -0.15) is 4.98 Å². The molecule has 1 aromatic heterocycles. The van der Waals surface area contributed by atoms with Gasteiger partial charge in [-0.15, -0.1) is 0 Å². The van der Waals surface area contributed by atoms with Crippen molar-refractivity contribution in [1.29, 1.82) is 0 Å². The lowest BCUT2D eigenvalue weighted by Gasteiger charge is -2.12. The molecule has 3 aromatic rings. The van der Waals surface area contributed by atoms with Gasteiger partial charge in [0.05, 0.1) is 24.8 Å². The Hall–Kier alpha value is -4.14. The number of methoxy groups -OCH3 is 1. The fourth-order valence-electron chi connectivity index (χ4n) is 2.60.